The Bertz CT molecular complexity index is 1100. The fourth-order valence-corrected chi connectivity index (χ4v) is 7.66. The van der Waals surface area contributed by atoms with E-state index in [1.165, 1.54) is 26.6 Å². The number of hydrogen-bond acceptors (Lipinski definition) is 10. The van der Waals surface area contributed by atoms with Crippen molar-refractivity contribution in [2.75, 3.05) is 13.4 Å². The minimum Gasteiger partial charge on any atom is -0.472 e. The Morgan fingerprint density at radius 3 is 2.49 bits per heavy atom. The molecule has 1 aliphatic heterocycles. The van der Waals surface area contributed by atoms with Gasteiger partial charge in [-0.25, -0.2) is 0 Å². The van der Waals surface area contributed by atoms with Crippen LogP contribution in [0.15, 0.2) is 23.0 Å². The number of esters is 3. The number of rotatable bonds is 5. The summed E-state index contributed by atoms with van der Waals surface area (Å²) in [6.07, 6.45) is 2.51. The minimum absolute atomic E-state index is 0.0514. The summed E-state index contributed by atoms with van der Waals surface area (Å²) in [4.78, 5) is 38.3. The predicted octanol–water partition coefficient (Wildman–Crippen LogP) is 2.78. The van der Waals surface area contributed by atoms with Gasteiger partial charge in [0.15, 0.2) is 0 Å². The van der Waals surface area contributed by atoms with Gasteiger partial charge in [0.2, 0.25) is 0 Å². The maximum atomic E-state index is 13.3. The first-order valence-corrected chi connectivity index (χ1v) is 13.5. The number of ether oxygens (including phenoxy) is 3. The van der Waals surface area contributed by atoms with Crippen molar-refractivity contribution < 1.29 is 45.6 Å². The Hall–Kier alpha value is -2.40. The van der Waals surface area contributed by atoms with Gasteiger partial charge in [-0.15, -0.1) is 0 Å². The van der Waals surface area contributed by atoms with Crippen LogP contribution in [0.1, 0.15) is 58.1 Å². The van der Waals surface area contributed by atoms with E-state index in [2.05, 4.69) is 0 Å². The summed E-state index contributed by atoms with van der Waals surface area (Å²) >= 11 is 0. The molecule has 1 aromatic rings. The van der Waals surface area contributed by atoms with Gasteiger partial charge in [0.05, 0.1) is 37.7 Å². The Kier molecular flexibility index (Phi) is 6.54. The zero-order chi connectivity index (χ0) is 25.8. The number of furan rings is 1. The van der Waals surface area contributed by atoms with Crippen LogP contribution in [0.2, 0.25) is 0 Å². The zero-order valence-corrected chi connectivity index (χ0v) is 21.3. The van der Waals surface area contributed by atoms with Gasteiger partial charge in [0.1, 0.15) is 18.3 Å². The fourth-order valence-electron chi connectivity index (χ4n) is 7.02. The van der Waals surface area contributed by atoms with E-state index in [9.17, 15) is 22.8 Å². The molecule has 2 saturated carbocycles. The highest BCUT2D eigenvalue weighted by Gasteiger charge is 2.68. The Morgan fingerprint density at radius 1 is 1.20 bits per heavy atom. The predicted molar refractivity (Wildman–Crippen MR) is 120 cm³/mol. The molecule has 0 spiro atoms. The summed E-state index contributed by atoms with van der Waals surface area (Å²) in [6, 6.07) is 1.72. The second kappa shape index (κ2) is 8.92. The number of hydrogen-bond donors (Lipinski definition) is 0. The lowest BCUT2D eigenvalue weighted by molar-refractivity contribution is -0.235. The highest BCUT2D eigenvalue weighted by atomic mass is 32.2. The topological polar surface area (TPSA) is 135 Å². The van der Waals surface area contributed by atoms with Crippen molar-refractivity contribution in [3.05, 3.63) is 24.2 Å². The third kappa shape index (κ3) is 4.48. The van der Waals surface area contributed by atoms with Crippen LogP contribution in [0.5, 0.6) is 0 Å². The first-order valence-electron chi connectivity index (χ1n) is 11.7. The van der Waals surface area contributed by atoms with E-state index in [4.69, 9.17) is 22.8 Å². The molecule has 0 aromatic carbocycles. The van der Waals surface area contributed by atoms with Crippen molar-refractivity contribution in [3.63, 3.8) is 0 Å². The molecule has 0 bridgehead atoms. The van der Waals surface area contributed by atoms with Crippen molar-refractivity contribution in [1.82, 2.24) is 0 Å². The van der Waals surface area contributed by atoms with E-state index < -0.39 is 74.9 Å². The molecule has 3 fully saturated rings. The molecule has 1 aromatic heterocycles. The van der Waals surface area contributed by atoms with E-state index >= 15 is 0 Å². The molecule has 3 aliphatic rings. The van der Waals surface area contributed by atoms with E-state index in [0.717, 1.165) is 6.26 Å². The van der Waals surface area contributed by atoms with Crippen molar-refractivity contribution >= 4 is 28.0 Å². The molecule has 10 nitrogen and oxygen atoms in total. The van der Waals surface area contributed by atoms with E-state index in [0.29, 0.717) is 24.8 Å². The Morgan fingerprint density at radius 2 is 1.91 bits per heavy atom. The third-order valence-electron chi connectivity index (χ3n) is 8.32. The molecular weight excluding hydrogens is 480 g/mol. The normalized spacial score (nSPS) is 39.1. The van der Waals surface area contributed by atoms with Gasteiger partial charge in [0, 0.05) is 24.8 Å². The quantitative estimate of drug-likeness (QED) is 0.329. The zero-order valence-electron chi connectivity index (χ0n) is 20.5. The van der Waals surface area contributed by atoms with Crippen molar-refractivity contribution in [2.45, 2.75) is 64.8 Å². The van der Waals surface area contributed by atoms with Gasteiger partial charge in [-0.05, 0) is 36.2 Å². The Balaban J connectivity index is 1.88. The summed E-state index contributed by atoms with van der Waals surface area (Å²) in [5.41, 5.74) is -0.948. The molecule has 194 valence electrons. The summed E-state index contributed by atoms with van der Waals surface area (Å²) in [6.45, 7) is 5.04. The SMILES string of the molecule is COC(=O)[C@@H]1C[C@H](OC(C)=O)[C@H](OS(C)(=O)=O)[C@H]2[C@@]1(C)CC[C@H]1C(=O)O[C@H](c3ccoc3)C[C@]21C. The molecule has 8 atom stereocenters. The molecule has 4 rings (SSSR count). The molecule has 11 heteroatoms. The van der Waals surface area contributed by atoms with Crippen LogP contribution in [0.4, 0.5) is 0 Å². The van der Waals surface area contributed by atoms with Crippen LogP contribution in [0.3, 0.4) is 0 Å². The van der Waals surface area contributed by atoms with Crippen LogP contribution < -0.4 is 0 Å². The lowest BCUT2D eigenvalue weighted by Gasteiger charge is -2.63. The van der Waals surface area contributed by atoms with E-state index in [-0.39, 0.29) is 6.42 Å². The first kappa shape index (κ1) is 25.7. The van der Waals surface area contributed by atoms with Crippen LogP contribution >= 0.6 is 0 Å². The summed E-state index contributed by atoms with van der Waals surface area (Å²) in [5.74, 6) is -3.38. The van der Waals surface area contributed by atoms with E-state index in [1.807, 2.05) is 13.8 Å². The van der Waals surface area contributed by atoms with Crippen LogP contribution in [0, 0.1) is 28.6 Å². The van der Waals surface area contributed by atoms with Crippen molar-refractivity contribution in [3.8, 4) is 0 Å². The van der Waals surface area contributed by atoms with Gasteiger partial charge in [-0.3, -0.25) is 18.6 Å². The minimum atomic E-state index is -3.99. The van der Waals surface area contributed by atoms with Crippen LogP contribution in [0.25, 0.3) is 0 Å². The second-order valence-electron chi connectivity index (χ2n) is 10.5. The highest BCUT2D eigenvalue weighted by Crippen LogP contribution is 2.66. The van der Waals surface area contributed by atoms with Gasteiger partial charge in [0.25, 0.3) is 10.1 Å². The maximum Gasteiger partial charge on any atom is 0.310 e. The average molecular weight is 513 g/mol. The number of cyclic esters (lactones) is 1. The van der Waals surface area contributed by atoms with Gasteiger partial charge < -0.3 is 18.6 Å². The molecule has 1 saturated heterocycles. The lowest BCUT2D eigenvalue weighted by Crippen LogP contribution is -2.66. The molecule has 0 amide bonds. The van der Waals surface area contributed by atoms with Gasteiger partial charge in [-0.1, -0.05) is 13.8 Å². The number of carbonyl (C=O) groups is 3. The fraction of sp³-hybridized carbons (Fsp3) is 0.708. The lowest BCUT2D eigenvalue weighted by atomic mass is 9.42. The molecule has 0 radical (unpaired) electrons. The molecule has 0 N–H and O–H groups in total. The number of methoxy groups -OCH3 is 1. The maximum absolute atomic E-state index is 13.3. The average Bonchev–Trinajstić information content (AvgIpc) is 3.27. The third-order valence-corrected chi connectivity index (χ3v) is 8.89. The van der Waals surface area contributed by atoms with Crippen molar-refractivity contribution in [2.24, 2.45) is 28.6 Å². The van der Waals surface area contributed by atoms with Gasteiger partial charge in [-0.2, -0.15) is 8.42 Å². The smallest absolute Gasteiger partial charge is 0.310 e. The molecular formula is C24H32O10S. The van der Waals surface area contributed by atoms with E-state index in [1.54, 1.807) is 6.07 Å². The number of fused-ring (bicyclic) bond motifs is 3. The van der Waals surface area contributed by atoms with Crippen LogP contribution in [-0.4, -0.2) is 51.9 Å². The molecule has 2 aliphatic carbocycles. The molecule has 2 heterocycles. The summed E-state index contributed by atoms with van der Waals surface area (Å²) in [5, 5.41) is 0. The number of carbonyl (C=O) groups excluding carboxylic acids is 3. The first-order chi connectivity index (χ1) is 16.3. The second-order valence-corrected chi connectivity index (χ2v) is 12.1. The van der Waals surface area contributed by atoms with Crippen LogP contribution in [-0.2, 0) is 42.9 Å². The largest absolute Gasteiger partial charge is 0.472 e. The van der Waals surface area contributed by atoms with Gasteiger partial charge >= 0.3 is 17.9 Å². The molecule has 0 unspecified atom stereocenters. The molecule has 35 heavy (non-hydrogen) atoms. The van der Waals surface area contributed by atoms with Crippen molar-refractivity contribution in [1.29, 1.82) is 0 Å². The standard InChI is InChI=1S/C24H32O10S/c1-13(25)32-17-10-16(21(26)30-4)23(2)8-6-15-22(27)33-18(14-7-9-31-12-14)11-24(15,3)20(23)19(17)34-35(5,28)29/h7,9,12,15-20H,6,8,10-11H2,1-5H3/t15-,16-,17-,18-,19-,20-,23-,24-/m0/s1. The summed E-state index contributed by atoms with van der Waals surface area (Å²) < 4.78 is 52.1. The summed E-state index contributed by atoms with van der Waals surface area (Å²) in [7, 11) is -2.69. The monoisotopic (exact) mass is 512 g/mol. The Labute approximate surface area is 204 Å². The highest BCUT2D eigenvalue weighted by molar-refractivity contribution is 7.86.